The number of alkyl halides is 2. The lowest BCUT2D eigenvalue weighted by Gasteiger charge is -2.21. The molecule has 14 heavy (non-hydrogen) atoms. The van der Waals surface area contributed by atoms with Gasteiger partial charge in [0.2, 0.25) is 0 Å². The summed E-state index contributed by atoms with van der Waals surface area (Å²) in [5, 5.41) is 4.10. The van der Waals surface area contributed by atoms with E-state index in [1.165, 1.54) is 6.92 Å². The summed E-state index contributed by atoms with van der Waals surface area (Å²) in [6, 6.07) is 1.72. The molecule has 0 amide bonds. The number of aryl methyl sites for hydroxylation is 1. The molecule has 1 aromatic heterocycles. The molecular formula is C9H15F2N3. The minimum atomic E-state index is -2.53. The van der Waals surface area contributed by atoms with E-state index < -0.39 is 12.0 Å². The van der Waals surface area contributed by atoms with Crippen LogP contribution in [0.15, 0.2) is 12.3 Å². The predicted molar refractivity (Wildman–Crippen MR) is 50.2 cm³/mol. The van der Waals surface area contributed by atoms with Crippen molar-refractivity contribution in [2.45, 2.75) is 38.8 Å². The first-order valence-electron chi connectivity index (χ1n) is 4.55. The number of rotatable bonds is 4. The van der Waals surface area contributed by atoms with Gasteiger partial charge in [0.1, 0.15) is 0 Å². The second-order valence-electron chi connectivity index (χ2n) is 3.65. The van der Waals surface area contributed by atoms with Crippen molar-refractivity contribution in [2.24, 2.45) is 5.73 Å². The standard InChI is InChI=1S/C9H15F2N3/c1-3-14-5-4-7(13-14)6-9(2,12)8(10)11/h4-5,8H,3,6,12H2,1-2H3. The summed E-state index contributed by atoms with van der Waals surface area (Å²) in [7, 11) is 0. The van der Waals surface area contributed by atoms with Gasteiger partial charge in [0.15, 0.2) is 0 Å². The minimum absolute atomic E-state index is 0.0949. The quantitative estimate of drug-likeness (QED) is 0.804. The summed E-state index contributed by atoms with van der Waals surface area (Å²) in [6.45, 7) is 4.00. The van der Waals surface area contributed by atoms with Gasteiger partial charge in [-0.2, -0.15) is 5.10 Å². The van der Waals surface area contributed by atoms with E-state index in [0.29, 0.717) is 5.69 Å². The van der Waals surface area contributed by atoms with E-state index in [0.717, 1.165) is 6.54 Å². The van der Waals surface area contributed by atoms with Crippen molar-refractivity contribution < 1.29 is 8.78 Å². The lowest BCUT2D eigenvalue weighted by atomic mass is 9.98. The molecule has 0 bridgehead atoms. The largest absolute Gasteiger partial charge is 0.320 e. The molecule has 1 atom stereocenters. The van der Waals surface area contributed by atoms with E-state index in [9.17, 15) is 8.78 Å². The molecule has 0 saturated carbocycles. The Bertz CT molecular complexity index is 294. The van der Waals surface area contributed by atoms with E-state index in [-0.39, 0.29) is 6.42 Å². The molecule has 1 unspecified atom stereocenters. The normalized spacial score (nSPS) is 15.9. The molecule has 1 aromatic rings. The van der Waals surface area contributed by atoms with Gasteiger partial charge in [-0.15, -0.1) is 0 Å². The van der Waals surface area contributed by atoms with Crippen LogP contribution in [0, 0.1) is 0 Å². The summed E-state index contributed by atoms with van der Waals surface area (Å²) in [4.78, 5) is 0. The average molecular weight is 203 g/mol. The van der Waals surface area contributed by atoms with E-state index in [1.54, 1.807) is 16.9 Å². The molecule has 5 heteroatoms. The Balaban J connectivity index is 2.68. The molecule has 1 heterocycles. The lowest BCUT2D eigenvalue weighted by molar-refractivity contribution is 0.0633. The zero-order valence-electron chi connectivity index (χ0n) is 8.37. The van der Waals surface area contributed by atoms with Gasteiger partial charge in [0.05, 0.1) is 11.2 Å². The third kappa shape index (κ3) is 2.51. The van der Waals surface area contributed by atoms with E-state index in [1.807, 2.05) is 6.92 Å². The summed E-state index contributed by atoms with van der Waals surface area (Å²) >= 11 is 0. The van der Waals surface area contributed by atoms with E-state index in [2.05, 4.69) is 5.10 Å². The highest BCUT2D eigenvalue weighted by Gasteiger charge is 2.31. The van der Waals surface area contributed by atoms with Gasteiger partial charge in [-0.1, -0.05) is 0 Å². The van der Waals surface area contributed by atoms with Gasteiger partial charge in [-0.25, -0.2) is 8.78 Å². The van der Waals surface area contributed by atoms with Crippen LogP contribution >= 0.6 is 0 Å². The van der Waals surface area contributed by atoms with Gasteiger partial charge >= 0.3 is 0 Å². The van der Waals surface area contributed by atoms with Crippen LogP contribution in [0.2, 0.25) is 0 Å². The van der Waals surface area contributed by atoms with Crippen LogP contribution in [-0.4, -0.2) is 21.7 Å². The number of hydrogen-bond acceptors (Lipinski definition) is 2. The van der Waals surface area contributed by atoms with Crippen molar-refractivity contribution in [2.75, 3.05) is 0 Å². The van der Waals surface area contributed by atoms with Crippen molar-refractivity contribution in [3.05, 3.63) is 18.0 Å². The molecule has 0 aromatic carbocycles. The average Bonchev–Trinajstić information content (AvgIpc) is 2.51. The van der Waals surface area contributed by atoms with Gasteiger partial charge in [-0.3, -0.25) is 4.68 Å². The Labute approximate surface area is 81.9 Å². The fourth-order valence-electron chi connectivity index (χ4n) is 1.14. The smallest absolute Gasteiger partial charge is 0.256 e. The number of halogens is 2. The monoisotopic (exact) mass is 203 g/mol. The fraction of sp³-hybridized carbons (Fsp3) is 0.667. The first kappa shape index (κ1) is 11.1. The molecule has 0 saturated heterocycles. The highest BCUT2D eigenvalue weighted by atomic mass is 19.3. The topological polar surface area (TPSA) is 43.8 Å². The molecule has 0 spiro atoms. The second-order valence-corrected chi connectivity index (χ2v) is 3.65. The number of hydrogen-bond donors (Lipinski definition) is 1. The molecule has 3 nitrogen and oxygen atoms in total. The van der Waals surface area contributed by atoms with Gasteiger partial charge in [-0.05, 0) is 19.9 Å². The SMILES string of the molecule is CCn1ccc(CC(C)(N)C(F)F)n1. The van der Waals surface area contributed by atoms with Crippen LogP contribution in [0.5, 0.6) is 0 Å². The molecule has 2 N–H and O–H groups in total. The highest BCUT2D eigenvalue weighted by Crippen LogP contribution is 2.16. The zero-order valence-corrected chi connectivity index (χ0v) is 8.37. The predicted octanol–water partition coefficient (Wildman–Crippen LogP) is 1.43. The summed E-state index contributed by atoms with van der Waals surface area (Å²) in [5.41, 5.74) is 4.56. The fourth-order valence-corrected chi connectivity index (χ4v) is 1.14. The maximum atomic E-state index is 12.4. The van der Waals surface area contributed by atoms with Gasteiger partial charge in [0, 0.05) is 19.2 Å². The molecule has 0 fully saturated rings. The maximum Gasteiger partial charge on any atom is 0.256 e. The first-order valence-corrected chi connectivity index (χ1v) is 4.55. The van der Waals surface area contributed by atoms with Gasteiger partial charge < -0.3 is 5.73 Å². The van der Waals surface area contributed by atoms with Crippen LogP contribution < -0.4 is 5.73 Å². The zero-order chi connectivity index (χ0) is 10.8. The number of nitrogens with zero attached hydrogens (tertiary/aromatic N) is 2. The van der Waals surface area contributed by atoms with Crippen molar-refractivity contribution in [1.82, 2.24) is 9.78 Å². The Morgan fingerprint density at radius 3 is 2.71 bits per heavy atom. The molecule has 0 aliphatic heterocycles. The molecule has 1 rings (SSSR count). The van der Waals surface area contributed by atoms with E-state index >= 15 is 0 Å². The van der Waals surface area contributed by atoms with Crippen molar-refractivity contribution in [3.63, 3.8) is 0 Å². The van der Waals surface area contributed by atoms with Crippen LogP contribution in [0.25, 0.3) is 0 Å². The maximum absolute atomic E-state index is 12.4. The second kappa shape index (κ2) is 4.04. The summed E-state index contributed by atoms with van der Waals surface area (Å²) in [6.07, 6.45) is -0.677. The minimum Gasteiger partial charge on any atom is -0.320 e. The third-order valence-electron chi connectivity index (χ3n) is 2.08. The molecule has 0 aliphatic carbocycles. The molecule has 0 radical (unpaired) electrons. The Morgan fingerprint density at radius 2 is 2.29 bits per heavy atom. The summed E-state index contributed by atoms with van der Waals surface area (Å²) < 4.78 is 26.5. The van der Waals surface area contributed by atoms with Gasteiger partial charge in [0.25, 0.3) is 6.43 Å². The van der Waals surface area contributed by atoms with Crippen LogP contribution in [-0.2, 0) is 13.0 Å². The van der Waals surface area contributed by atoms with Crippen LogP contribution in [0.1, 0.15) is 19.5 Å². The Kier molecular flexibility index (Phi) is 3.21. The lowest BCUT2D eigenvalue weighted by Crippen LogP contribution is -2.46. The van der Waals surface area contributed by atoms with Crippen molar-refractivity contribution >= 4 is 0 Å². The van der Waals surface area contributed by atoms with Crippen LogP contribution in [0.3, 0.4) is 0 Å². The Hall–Kier alpha value is -0.970. The number of nitrogens with two attached hydrogens (primary N) is 1. The number of aromatic nitrogens is 2. The third-order valence-corrected chi connectivity index (χ3v) is 2.08. The first-order chi connectivity index (χ1) is 6.45. The van der Waals surface area contributed by atoms with Crippen molar-refractivity contribution in [3.8, 4) is 0 Å². The molecule has 0 aliphatic rings. The van der Waals surface area contributed by atoms with Crippen molar-refractivity contribution in [1.29, 1.82) is 0 Å². The van der Waals surface area contributed by atoms with E-state index in [4.69, 9.17) is 5.73 Å². The highest BCUT2D eigenvalue weighted by molar-refractivity contribution is 5.05. The summed E-state index contributed by atoms with van der Waals surface area (Å²) in [5.74, 6) is 0. The Morgan fingerprint density at radius 1 is 1.64 bits per heavy atom. The van der Waals surface area contributed by atoms with Crippen LogP contribution in [0.4, 0.5) is 8.78 Å². The molecule has 80 valence electrons. The molecular weight excluding hydrogens is 188 g/mol.